The molecule has 220 valence electrons. The SMILES string of the molecule is CCCCNC(=O)[C@@H](CC)N(Cc1ccc(OC)cc1)C(=O)CN(c1ccc(C)cc1)S(=O)(=O)c1ccc(Cl)cc1. The molecule has 0 radical (unpaired) electrons. The summed E-state index contributed by atoms with van der Waals surface area (Å²) in [5.41, 5.74) is 2.06. The van der Waals surface area contributed by atoms with Crippen molar-refractivity contribution in [1.82, 2.24) is 10.2 Å². The van der Waals surface area contributed by atoms with E-state index in [4.69, 9.17) is 16.3 Å². The van der Waals surface area contributed by atoms with Crippen molar-refractivity contribution in [2.45, 2.75) is 57.5 Å². The van der Waals surface area contributed by atoms with E-state index in [0.717, 1.165) is 28.3 Å². The van der Waals surface area contributed by atoms with Gasteiger partial charge in [-0.3, -0.25) is 13.9 Å². The van der Waals surface area contributed by atoms with Gasteiger partial charge in [0.25, 0.3) is 10.0 Å². The van der Waals surface area contributed by atoms with Crippen LogP contribution in [0.15, 0.2) is 77.7 Å². The summed E-state index contributed by atoms with van der Waals surface area (Å²) in [4.78, 5) is 28.8. The summed E-state index contributed by atoms with van der Waals surface area (Å²) in [6, 6.07) is 19.1. The Labute approximate surface area is 248 Å². The fourth-order valence-electron chi connectivity index (χ4n) is 4.33. The number of nitrogens with zero attached hydrogens (tertiary/aromatic N) is 2. The Morgan fingerprint density at radius 1 is 0.951 bits per heavy atom. The van der Waals surface area contributed by atoms with Crippen molar-refractivity contribution in [3.8, 4) is 5.75 Å². The number of amides is 2. The number of rotatable bonds is 14. The zero-order valence-electron chi connectivity index (χ0n) is 24.0. The van der Waals surface area contributed by atoms with Crippen molar-refractivity contribution in [2.75, 3.05) is 24.5 Å². The van der Waals surface area contributed by atoms with Crippen LogP contribution >= 0.6 is 11.6 Å². The molecule has 41 heavy (non-hydrogen) atoms. The van der Waals surface area contributed by atoms with Crippen molar-refractivity contribution in [3.05, 3.63) is 88.9 Å². The summed E-state index contributed by atoms with van der Waals surface area (Å²) in [7, 11) is -2.59. The van der Waals surface area contributed by atoms with Crippen LogP contribution in [0.2, 0.25) is 5.02 Å². The van der Waals surface area contributed by atoms with Crippen LogP contribution in [0.4, 0.5) is 5.69 Å². The molecule has 2 amide bonds. The third-order valence-corrected chi connectivity index (χ3v) is 8.77. The Kier molecular flexibility index (Phi) is 11.6. The van der Waals surface area contributed by atoms with Gasteiger partial charge in [0, 0.05) is 18.1 Å². The smallest absolute Gasteiger partial charge is 0.264 e. The van der Waals surface area contributed by atoms with Crippen LogP contribution in [0.1, 0.15) is 44.2 Å². The first-order valence-electron chi connectivity index (χ1n) is 13.7. The highest BCUT2D eigenvalue weighted by Gasteiger charge is 2.33. The summed E-state index contributed by atoms with van der Waals surface area (Å²) in [6.45, 7) is 5.88. The molecule has 1 atom stereocenters. The minimum absolute atomic E-state index is 0.00123. The van der Waals surface area contributed by atoms with Crippen molar-refractivity contribution >= 4 is 39.1 Å². The highest BCUT2D eigenvalue weighted by molar-refractivity contribution is 7.92. The topological polar surface area (TPSA) is 96.0 Å². The van der Waals surface area contributed by atoms with E-state index in [0.29, 0.717) is 29.4 Å². The van der Waals surface area contributed by atoms with Gasteiger partial charge in [0.05, 0.1) is 17.7 Å². The van der Waals surface area contributed by atoms with E-state index < -0.39 is 28.5 Å². The highest BCUT2D eigenvalue weighted by Crippen LogP contribution is 2.26. The molecule has 0 unspecified atom stereocenters. The van der Waals surface area contributed by atoms with E-state index in [1.165, 1.54) is 29.2 Å². The number of ether oxygens (including phenoxy) is 1. The van der Waals surface area contributed by atoms with Crippen molar-refractivity contribution in [2.24, 2.45) is 0 Å². The number of halogens is 1. The van der Waals surface area contributed by atoms with E-state index in [9.17, 15) is 18.0 Å². The van der Waals surface area contributed by atoms with Crippen LogP contribution in [0.5, 0.6) is 5.75 Å². The Morgan fingerprint density at radius 2 is 1.59 bits per heavy atom. The molecular formula is C31H38ClN3O5S. The molecule has 0 aliphatic carbocycles. The van der Waals surface area contributed by atoms with Gasteiger partial charge in [0.15, 0.2) is 0 Å². The van der Waals surface area contributed by atoms with Gasteiger partial charge >= 0.3 is 0 Å². The molecule has 0 saturated heterocycles. The van der Waals surface area contributed by atoms with E-state index in [-0.39, 0.29) is 17.3 Å². The van der Waals surface area contributed by atoms with Gasteiger partial charge in [-0.15, -0.1) is 0 Å². The molecule has 0 fully saturated rings. The minimum Gasteiger partial charge on any atom is -0.497 e. The molecule has 8 nitrogen and oxygen atoms in total. The maximum Gasteiger partial charge on any atom is 0.264 e. The summed E-state index contributed by atoms with van der Waals surface area (Å²) in [6.07, 6.45) is 2.09. The predicted molar refractivity (Wildman–Crippen MR) is 163 cm³/mol. The average Bonchev–Trinajstić information content (AvgIpc) is 2.97. The number of hydrogen-bond acceptors (Lipinski definition) is 5. The van der Waals surface area contributed by atoms with Crippen LogP contribution in [0.3, 0.4) is 0 Å². The molecule has 1 N–H and O–H groups in total. The van der Waals surface area contributed by atoms with Crippen LogP contribution in [-0.2, 0) is 26.2 Å². The third kappa shape index (κ3) is 8.47. The largest absolute Gasteiger partial charge is 0.497 e. The Bertz CT molecular complexity index is 1400. The van der Waals surface area contributed by atoms with Crippen molar-refractivity contribution in [1.29, 1.82) is 0 Å². The monoisotopic (exact) mass is 599 g/mol. The standard InChI is InChI=1S/C31H38ClN3O5S/c1-5-7-20-33-31(37)29(6-2)34(21-24-10-16-27(40-4)17-11-24)30(36)22-35(26-14-8-23(3)9-15-26)41(38,39)28-18-12-25(32)13-19-28/h8-19,29H,5-7,20-22H2,1-4H3,(H,33,37)/t29-/m1/s1. The zero-order chi connectivity index (χ0) is 30.0. The molecule has 3 aromatic carbocycles. The van der Waals surface area contributed by atoms with Gasteiger partial charge in [0.2, 0.25) is 11.8 Å². The number of unbranched alkanes of at least 4 members (excludes halogenated alkanes) is 1. The van der Waals surface area contributed by atoms with Gasteiger partial charge in [-0.1, -0.05) is 61.7 Å². The molecular weight excluding hydrogens is 562 g/mol. The molecule has 10 heteroatoms. The van der Waals surface area contributed by atoms with E-state index >= 15 is 0 Å². The van der Waals surface area contributed by atoms with Crippen molar-refractivity contribution in [3.63, 3.8) is 0 Å². The molecule has 3 rings (SSSR count). The Hall–Kier alpha value is -3.56. The molecule has 0 bridgehead atoms. The molecule has 3 aromatic rings. The molecule has 0 heterocycles. The molecule has 0 aliphatic rings. The number of methoxy groups -OCH3 is 1. The van der Waals surface area contributed by atoms with E-state index in [2.05, 4.69) is 5.32 Å². The fourth-order valence-corrected chi connectivity index (χ4v) is 5.87. The van der Waals surface area contributed by atoms with Gasteiger partial charge in [-0.2, -0.15) is 0 Å². The maximum atomic E-state index is 14.1. The molecule has 0 aromatic heterocycles. The normalized spacial score (nSPS) is 11.9. The number of benzene rings is 3. The van der Waals surface area contributed by atoms with Gasteiger partial charge in [-0.05, 0) is 73.9 Å². The lowest BCUT2D eigenvalue weighted by atomic mass is 10.1. The number of hydrogen-bond donors (Lipinski definition) is 1. The van der Waals surface area contributed by atoms with Crippen LogP contribution in [-0.4, -0.2) is 51.4 Å². The van der Waals surface area contributed by atoms with Crippen LogP contribution in [0, 0.1) is 6.92 Å². The second-order valence-corrected chi connectivity index (χ2v) is 12.0. The summed E-state index contributed by atoms with van der Waals surface area (Å²) in [5.74, 6) is -0.114. The number of carbonyl (C=O) groups excluding carboxylic acids is 2. The summed E-state index contributed by atoms with van der Waals surface area (Å²) < 4.78 is 34.1. The highest BCUT2D eigenvalue weighted by atomic mass is 35.5. The van der Waals surface area contributed by atoms with E-state index in [1.54, 1.807) is 43.5 Å². The number of aryl methyl sites for hydroxylation is 1. The third-order valence-electron chi connectivity index (χ3n) is 6.73. The molecule has 0 spiro atoms. The average molecular weight is 600 g/mol. The molecule has 0 aliphatic heterocycles. The lowest BCUT2D eigenvalue weighted by molar-refractivity contribution is -0.140. The minimum atomic E-state index is -4.15. The lowest BCUT2D eigenvalue weighted by Crippen LogP contribution is -2.52. The van der Waals surface area contributed by atoms with Gasteiger partial charge < -0.3 is 15.0 Å². The first-order valence-corrected chi connectivity index (χ1v) is 15.5. The van der Waals surface area contributed by atoms with Crippen molar-refractivity contribution < 1.29 is 22.7 Å². The second-order valence-electron chi connectivity index (χ2n) is 9.74. The zero-order valence-corrected chi connectivity index (χ0v) is 25.5. The summed E-state index contributed by atoms with van der Waals surface area (Å²) in [5, 5.41) is 3.33. The van der Waals surface area contributed by atoms with E-state index in [1.807, 2.05) is 32.9 Å². The maximum absolute atomic E-state index is 14.1. The number of anilines is 1. The Balaban J connectivity index is 2.02. The number of nitrogens with one attached hydrogen (secondary N) is 1. The lowest BCUT2D eigenvalue weighted by Gasteiger charge is -2.33. The predicted octanol–water partition coefficient (Wildman–Crippen LogP) is 5.58. The van der Waals surface area contributed by atoms with Crippen LogP contribution < -0.4 is 14.4 Å². The first-order chi connectivity index (χ1) is 19.6. The first kappa shape index (κ1) is 32.0. The number of carbonyl (C=O) groups is 2. The second kappa shape index (κ2) is 14.9. The molecule has 0 saturated carbocycles. The van der Waals surface area contributed by atoms with Gasteiger partial charge in [0.1, 0.15) is 18.3 Å². The van der Waals surface area contributed by atoms with Crippen LogP contribution in [0.25, 0.3) is 0 Å². The quantitative estimate of drug-likeness (QED) is 0.244. The van der Waals surface area contributed by atoms with Gasteiger partial charge in [-0.25, -0.2) is 8.42 Å². The Morgan fingerprint density at radius 3 is 2.15 bits per heavy atom. The summed E-state index contributed by atoms with van der Waals surface area (Å²) >= 11 is 6.01. The fraction of sp³-hybridized carbons (Fsp3) is 0.355. The number of sulfonamides is 1.